The summed E-state index contributed by atoms with van der Waals surface area (Å²) in [5.74, 6) is 1.33. The minimum Gasteiger partial charge on any atom is -0.382 e. The van der Waals surface area contributed by atoms with E-state index in [-0.39, 0.29) is 5.56 Å². The summed E-state index contributed by atoms with van der Waals surface area (Å²) in [6.07, 6.45) is 6.79. The number of aromatic nitrogens is 2. The minimum absolute atomic E-state index is 0.0173. The number of hydrogen-bond donors (Lipinski definition) is 1. The van der Waals surface area contributed by atoms with Gasteiger partial charge < -0.3 is 5.32 Å². The third-order valence-electron chi connectivity index (χ3n) is 4.86. The Morgan fingerprint density at radius 1 is 1.50 bits per heavy atom. The van der Waals surface area contributed by atoms with Gasteiger partial charge in [0.1, 0.15) is 4.47 Å². The minimum atomic E-state index is -0.0173. The molecule has 0 aromatic carbocycles. The van der Waals surface area contributed by atoms with Gasteiger partial charge >= 0.3 is 0 Å². The first-order valence-corrected chi connectivity index (χ1v) is 8.31. The Kier molecular flexibility index (Phi) is 3.65. The lowest BCUT2D eigenvalue weighted by molar-refractivity contribution is 0.380. The molecule has 2 saturated carbocycles. The molecular weight excluding hydrogens is 318 g/mol. The second kappa shape index (κ2) is 5.17. The Morgan fingerprint density at radius 3 is 2.75 bits per heavy atom. The molecule has 2 fully saturated rings. The summed E-state index contributed by atoms with van der Waals surface area (Å²) < 4.78 is 2.20. The van der Waals surface area contributed by atoms with E-state index < -0.39 is 0 Å². The highest BCUT2D eigenvalue weighted by Gasteiger charge is 2.45. The second-order valence-corrected chi connectivity index (χ2v) is 7.47. The molecule has 0 atom stereocenters. The lowest BCUT2D eigenvalue weighted by Crippen LogP contribution is -2.27. The molecule has 2 aliphatic carbocycles. The highest BCUT2D eigenvalue weighted by molar-refractivity contribution is 9.10. The highest BCUT2D eigenvalue weighted by atomic mass is 79.9. The zero-order chi connectivity index (χ0) is 14.3. The molecule has 0 saturated heterocycles. The van der Waals surface area contributed by atoms with Crippen molar-refractivity contribution in [3.05, 3.63) is 21.0 Å². The molecule has 0 amide bonds. The van der Waals surface area contributed by atoms with E-state index in [1.165, 1.54) is 25.7 Å². The third-order valence-corrected chi connectivity index (χ3v) is 5.63. The van der Waals surface area contributed by atoms with E-state index in [1.54, 1.807) is 10.9 Å². The maximum absolute atomic E-state index is 12.2. The van der Waals surface area contributed by atoms with Gasteiger partial charge in [0.2, 0.25) is 0 Å². The van der Waals surface area contributed by atoms with Crippen molar-refractivity contribution in [3.8, 4) is 0 Å². The van der Waals surface area contributed by atoms with Crippen LogP contribution >= 0.6 is 15.9 Å². The van der Waals surface area contributed by atoms with Crippen LogP contribution in [0.15, 0.2) is 15.5 Å². The van der Waals surface area contributed by atoms with Crippen molar-refractivity contribution in [3.63, 3.8) is 0 Å². The Morgan fingerprint density at radius 2 is 2.20 bits per heavy atom. The van der Waals surface area contributed by atoms with Gasteiger partial charge in [-0.15, -0.1) is 0 Å². The quantitative estimate of drug-likeness (QED) is 0.865. The molecule has 1 aromatic heterocycles. The summed E-state index contributed by atoms with van der Waals surface area (Å²) in [6.45, 7) is 6.23. The van der Waals surface area contributed by atoms with Gasteiger partial charge in [0.15, 0.2) is 0 Å². The van der Waals surface area contributed by atoms with Crippen LogP contribution in [0.25, 0.3) is 0 Å². The number of anilines is 1. The Bertz CT molecular complexity index is 559. The first-order chi connectivity index (χ1) is 9.52. The molecule has 20 heavy (non-hydrogen) atoms. The topological polar surface area (TPSA) is 46.9 Å². The summed E-state index contributed by atoms with van der Waals surface area (Å²) in [5.41, 5.74) is 1.23. The number of rotatable bonds is 6. The van der Waals surface area contributed by atoms with Gasteiger partial charge in [-0.1, -0.05) is 13.8 Å². The SMILES string of the molecule is CC(C)C1(CNc2cnn(CC3CC3)c(=O)c2Br)CC1. The van der Waals surface area contributed by atoms with E-state index >= 15 is 0 Å². The van der Waals surface area contributed by atoms with Crippen LogP contribution in [-0.4, -0.2) is 16.3 Å². The maximum Gasteiger partial charge on any atom is 0.283 e. The van der Waals surface area contributed by atoms with Crippen molar-refractivity contribution in [1.29, 1.82) is 0 Å². The molecule has 0 aliphatic heterocycles. The Balaban J connectivity index is 1.70. The van der Waals surface area contributed by atoms with Crippen molar-refractivity contribution < 1.29 is 0 Å². The van der Waals surface area contributed by atoms with Crippen LogP contribution in [0.5, 0.6) is 0 Å². The van der Waals surface area contributed by atoms with Gasteiger partial charge in [0.05, 0.1) is 11.9 Å². The van der Waals surface area contributed by atoms with Crippen LogP contribution in [0, 0.1) is 17.3 Å². The van der Waals surface area contributed by atoms with E-state index in [0.717, 1.165) is 18.8 Å². The van der Waals surface area contributed by atoms with Crippen LogP contribution in [0.1, 0.15) is 39.5 Å². The zero-order valence-electron chi connectivity index (χ0n) is 12.2. The number of hydrogen-bond acceptors (Lipinski definition) is 3. The van der Waals surface area contributed by atoms with E-state index in [9.17, 15) is 4.79 Å². The van der Waals surface area contributed by atoms with Crippen LogP contribution in [0.2, 0.25) is 0 Å². The summed E-state index contributed by atoms with van der Waals surface area (Å²) >= 11 is 3.43. The van der Waals surface area contributed by atoms with Crippen LogP contribution in [0.4, 0.5) is 5.69 Å². The van der Waals surface area contributed by atoms with Crippen LogP contribution in [-0.2, 0) is 6.54 Å². The average Bonchev–Trinajstić information content (AvgIpc) is 3.29. The molecule has 0 unspecified atom stereocenters. The van der Waals surface area contributed by atoms with Gasteiger partial charge in [-0.05, 0) is 58.9 Å². The van der Waals surface area contributed by atoms with E-state index in [4.69, 9.17) is 0 Å². The highest BCUT2D eigenvalue weighted by Crippen LogP contribution is 2.51. The maximum atomic E-state index is 12.2. The molecule has 0 radical (unpaired) electrons. The molecule has 110 valence electrons. The van der Waals surface area contributed by atoms with Gasteiger partial charge in [0.25, 0.3) is 5.56 Å². The first kappa shape index (κ1) is 14.1. The largest absolute Gasteiger partial charge is 0.382 e. The van der Waals surface area contributed by atoms with Crippen molar-refractivity contribution in [1.82, 2.24) is 9.78 Å². The summed E-state index contributed by atoms with van der Waals surface area (Å²) in [7, 11) is 0. The Labute approximate surface area is 128 Å². The van der Waals surface area contributed by atoms with E-state index in [1.807, 2.05) is 0 Å². The van der Waals surface area contributed by atoms with Gasteiger partial charge in [-0.3, -0.25) is 4.79 Å². The summed E-state index contributed by atoms with van der Waals surface area (Å²) in [6, 6.07) is 0. The fraction of sp³-hybridized carbons (Fsp3) is 0.733. The van der Waals surface area contributed by atoms with Crippen molar-refractivity contribution >= 4 is 21.6 Å². The second-order valence-electron chi connectivity index (χ2n) is 6.67. The molecule has 1 aromatic rings. The molecule has 0 spiro atoms. The standard InChI is InChI=1S/C15H22BrN3O/c1-10(2)15(5-6-15)9-17-12-7-18-19(8-11-3-4-11)14(20)13(12)16/h7,10-11,17H,3-6,8-9H2,1-2H3. The molecule has 2 aliphatic rings. The van der Waals surface area contributed by atoms with Crippen LogP contribution in [0.3, 0.4) is 0 Å². The molecule has 1 heterocycles. The first-order valence-electron chi connectivity index (χ1n) is 7.51. The molecular formula is C15H22BrN3O. The number of halogens is 1. The molecule has 5 heteroatoms. The lowest BCUT2D eigenvalue weighted by Gasteiger charge is -2.21. The normalized spacial score (nSPS) is 20.2. The van der Waals surface area contributed by atoms with Crippen LogP contribution < -0.4 is 10.9 Å². The number of nitrogens with zero attached hydrogens (tertiary/aromatic N) is 2. The molecule has 4 nitrogen and oxygen atoms in total. The van der Waals surface area contributed by atoms with Gasteiger partial charge in [0, 0.05) is 13.1 Å². The van der Waals surface area contributed by atoms with E-state index in [0.29, 0.717) is 21.7 Å². The van der Waals surface area contributed by atoms with E-state index in [2.05, 4.69) is 40.2 Å². The molecule has 1 N–H and O–H groups in total. The Hall–Kier alpha value is -0.840. The van der Waals surface area contributed by atoms with Gasteiger partial charge in [-0.2, -0.15) is 5.10 Å². The summed E-state index contributed by atoms with van der Waals surface area (Å²) in [5, 5.41) is 7.71. The molecule has 3 rings (SSSR count). The monoisotopic (exact) mass is 339 g/mol. The van der Waals surface area contributed by atoms with Gasteiger partial charge in [-0.25, -0.2) is 4.68 Å². The zero-order valence-corrected chi connectivity index (χ0v) is 13.7. The van der Waals surface area contributed by atoms with Crippen molar-refractivity contribution in [2.24, 2.45) is 17.3 Å². The number of nitrogens with one attached hydrogen (secondary N) is 1. The predicted molar refractivity (Wildman–Crippen MR) is 83.9 cm³/mol. The fourth-order valence-corrected chi connectivity index (χ4v) is 3.10. The average molecular weight is 340 g/mol. The fourth-order valence-electron chi connectivity index (χ4n) is 2.65. The van der Waals surface area contributed by atoms with Crippen molar-refractivity contribution in [2.45, 2.75) is 46.1 Å². The predicted octanol–water partition coefficient (Wildman–Crippen LogP) is 3.26. The molecule has 0 bridgehead atoms. The third kappa shape index (κ3) is 2.78. The lowest BCUT2D eigenvalue weighted by atomic mass is 9.92. The summed E-state index contributed by atoms with van der Waals surface area (Å²) in [4.78, 5) is 12.2. The van der Waals surface area contributed by atoms with Crippen molar-refractivity contribution in [2.75, 3.05) is 11.9 Å². The smallest absolute Gasteiger partial charge is 0.283 e.